The first-order valence-corrected chi connectivity index (χ1v) is 18.4. The zero-order valence-corrected chi connectivity index (χ0v) is 39.0. The molecule has 0 amide bonds. The van der Waals surface area contributed by atoms with Crippen molar-refractivity contribution >= 4 is 17.5 Å². The van der Waals surface area contributed by atoms with Gasteiger partial charge in [-0.3, -0.25) is 0 Å². The van der Waals surface area contributed by atoms with Crippen LogP contribution in [0.25, 0.3) is 16.0 Å². The van der Waals surface area contributed by atoms with Gasteiger partial charge in [-0.05, 0) is 116 Å². The summed E-state index contributed by atoms with van der Waals surface area (Å²) in [5, 5.41) is 13.6. The number of amidine groups is 3. The van der Waals surface area contributed by atoms with Gasteiger partial charge in [-0.15, -0.1) is 0 Å². The minimum atomic E-state index is -0.0253. The normalized spacial score (nSPS) is 13.9. The predicted molar refractivity (Wildman–Crippen MR) is 216 cm³/mol. The molecule has 0 aliphatic heterocycles. The molecule has 0 N–H and O–H groups in total. The Balaban J connectivity index is -0.000000141. The summed E-state index contributed by atoms with van der Waals surface area (Å²) in [6.07, 6.45) is 0. The molecule has 0 aliphatic carbocycles. The van der Waals surface area contributed by atoms with Crippen LogP contribution in [0.2, 0.25) is 0 Å². The molecule has 0 fully saturated rings. The van der Waals surface area contributed by atoms with Crippen LogP contribution in [0, 0.1) is 0 Å². The first-order valence-electron chi connectivity index (χ1n) is 18.4. The van der Waals surface area contributed by atoms with Crippen LogP contribution < -0.4 is 0 Å². The van der Waals surface area contributed by atoms with Crippen molar-refractivity contribution in [3.05, 3.63) is 16.0 Å². The fourth-order valence-corrected chi connectivity index (χ4v) is 4.89. The van der Waals surface area contributed by atoms with Crippen molar-refractivity contribution < 1.29 is 51.2 Å². The topological polar surface area (TPSA) is 89.1 Å². The van der Waals surface area contributed by atoms with Gasteiger partial charge in [-0.25, -0.2) is 0 Å². The maximum atomic E-state index is 4.61. The Morgan fingerprint density at radius 3 is 1.24 bits per heavy atom. The van der Waals surface area contributed by atoms with Gasteiger partial charge in [0.1, 0.15) is 0 Å². The molecule has 0 saturated carbocycles. The fraction of sp³-hybridized carbons (Fsp3) is 0.921. The quantitative estimate of drug-likeness (QED) is 0.0935. The van der Waals surface area contributed by atoms with Crippen LogP contribution in [0.4, 0.5) is 0 Å². The number of aliphatic imine (C=N–C) groups is 3. The molecule has 0 spiro atoms. The first kappa shape index (κ1) is 61.9. The summed E-state index contributed by atoms with van der Waals surface area (Å²) in [5.41, 5.74) is -0.0582. The summed E-state index contributed by atoms with van der Waals surface area (Å²) >= 11 is 0. The Bertz CT molecular complexity index is 849. The maximum absolute atomic E-state index is 4.61. The molecule has 0 heterocycles. The molecular weight excluding hydrogens is 773 g/mol. The van der Waals surface area contributed by atoms with E-state index in [2.05, 4.69) is 163 Å². The Labute approximate surface area is 345 Å². The number of hydrogen-bond acceptors (Lipinski definition) is 6. The first-order chi connectivity index (χ1) is 21.5. The molecule has 312 valence electrons. The van der Waals surface area contributed by atoms with Gasteiger partial charge >= 0.3 is 51.2 Å². The Kier molecular flexibility index (Phi) is 41.4. The predicted octanol–water partition coefficient (Wildman–Crippen LogP) is 9.53. The van der Waals surface area contributed by atoms with E-state index in [0.717, 1.165) is 83.0 Å². The van der Waals surface area contributed by atoms with E-state index < -0.39 is 0 Å². The fourth-order valence-electron chi connectivity index (χ4n) is 4.89. The molecular formula is C38H82Cu3N9. The van der Waals surface area contributed by atoms with Crippen molar-refractivity contribution in [1.82, 2.24) is 14.7 Å². The van der Waals surface area contributed by atoms with E-state index in [1.54, 1.807) is 0 Å². The summed E-state index contributed by atoms with van der Waals surface area (Å²) in [7, 11) is 0. The molecule has 0 rings (SSSR count). The van der Waals surface area contributed by atoms with Crippen molar-refractivity contribution in [3.63, 3.8) is 0 Å². The van der Waals surface area contributed by atoms with Crippen molar-refractivity contribution in [1.29, 1.82) is 0 Å². The van der Waals surface area contributed by atoms with E-state index in [9.17, 15) is 0 Å². The molecule has 0 aromatic heterocycles. The zero-order valence-electron chi connectivity index (χ0n) is 36.2. The summed E-state index contributed by atoms with van der Waals surface area (Å²) in [6.45, 7) is 52.6. The third-order valence-corrected chi connectivity index (χ3v) is 6.99. The smallest absolute Gasteiger partial charge is 0.468 e. The Morgan fingerprint density at radius 1 is 0.540 bits per heavy atom. The van der Waals surface area contributed by atoms with Gasteiger partial charge in [0, 0.05) is 6.04 Å². The molecule has 0 aromatic rings. The largest absolute Gasteiger partial charge is 1.00 e. The van der Waals surface area contributed by atoms with Crippen LogP contribution in [0.15, 0.2) is 15.0 Å². The van der Waals surface area contributed by atoms with E-state index in [1.807, 2.05) is 20.8 Å². The van der Waals surface area contributed by atoms with Gasteiger partial charge < -0.3 is 45.6 Å². The van der Waals surface area contributed by atoms with Gasteiger partial charge in [-0.2, -0.15) is 0 Å². The molecule has 0 aromatic carbocycles. The molecule has 2 atom stereocenters. The van der Waals surface area contributed by atoms with Crippen LogP contribution >= 0.6 is 0 Å². The van der Waals surface area contributed by atoms with Crippen molar-refractivity contribution in [3.8, 4) is 0 Å². The summed E-state index contributed by atoms with van der Waals surface area (Å²) in [5.74, 6) is 2.73. The molecule has 2 unspecified atom stereocenters. The van der Waals surface area contributed by atoms with Crippen LogP contribution in [0.1, 0.15) is 138 Å². The van der Waals surface area contributed by atoms with Crippen molar-refractivity contribution in [2.75, 3.05) is 65.4 Å². The number of rotatable bonds is 15. The van der Waals surface area contributed by atoms with Crippen molar-refractivity contribution in [2.24, 2.45) is 15.0 Å². The van der Waals surface area contributed by atoms with Gasteiger partial charge in [0.05, 0.1) is 0 Å². The summed E-state index contributed by atoms with van der Waals surface area (Å²) in [4.78, 5) is 20.7. The van der Waals surface area contributed by atoms with E-state index in [1.165, 1.54) is 0 Å². The maximum Gasteiger partial charge on any atom is 1.00 e. The second-order valence-electron chi connectivity index (χ2n) is 15.3. The summed E-state index contributed by atoms with van der Waals surface area (Å²) < 4.78 is 0. The molecule has 0 radical (unpaired) electrons. The Morgan fingerprint density at radius 2 is 0.900 bits per heavy atom. The van der Waals surface area contributed by atoms with Crippen molar-refractivity contribution in [2.45, 2.75) is 167 Å². The van der Waals surface area contributed by atoms with Gasteiger partial charge in [-0.1, -0.05) is 128 Å². The van der Waals surface area contributed by atoms with E-state index in [0.29, 0.717) is 12.1 Å². The SMILES string of the molecule is CCN(CC)C(C)C[N-]C(C)=NC(C)(C)C.CCN(CC)CC(C)[N-]C(C)=NC(C)(C)C.CCN(CC)CC[N-]C(C)=NC(C)(C)C.[Cu+].[Cu+].[Cu+]. The molecule has 0 bridgehead atoms. The van der Waals surface area contributed by atoms with Crippen LogP contribution in [-0.2, 0) is 51.2 Å². The number of likely N-dealkylation sites (N-methyl/N-ethyl adjacent to an activating group) is 3. The average molecular weight is 856 g/mol. The van der Waals surface area contributed by atoms with E-state index >= 15 is 0 Å². The number of hydrogen-bond donors (Lipinski definition) is 0. The van der Waals surface area contributed by atoms with Crippen LogP contribution in [-0.4, -0.2) is 126 Å². The third kappa shape index (κ3) is 42.3. The second kappa shape index (κ2) is 33.4. The van der Waals surface area contributed by atoms with Gasteiger partial charge in [0.2, 0.25) is 0 Å². The molecule has 12 heteroatoms. The minimum Gasteiger partial charge on any atom is -0.468 e. The molecule has 9 nitrogen and oxygen atoms in total. The van der Waals surface area contributed by atoms with Gasteiger partial charge in [0.15, 0.2) is 0 Å². The monoisotopic (exact) mass is 853 g/mol. The third-order valence-electron chi connectivity index (χ3n) is 6.99. The molecule has 0 saturated heterocycles. The summed E-state index contributed by atoms with van der Waals surface area (Å²) in [6, 6.07) is 0.825. The molecule has 0 aliphatic rings. The van der Waals surface area contributed by atoms with Crippen LogP contribution in [0.5, 0.6) is 0 Å². The minimum absolute atomic E-state index is 0. The van der Waals surface area contributed by atoms with E-state index in [4.69, 9.17) is 0 Å². The van der Waals surface area contributed by atoms with Crippen LogP contribution in [0.3, 0.4) is 0 Å². The second-order valence-corrected chi connectivity index (χ2v) is 15.3. The zero-order chi connectivity index (χ0) is 37.4. The van der Waals surface area contributed by atoms with Gasteiger partial charge in [0.25, 0.3) is 0 Å². The number of nitrogens with zero attached hydrogens (tertiary/aromatic N) is 9. The Hall–Kier alpha value is -0.152. The molecule has 50 heavy (non-hydrogen) atoms. The van der Waals surface area contributed by atoms with E-state index in [-0.39, 0.29) is 67.8 Å². The standard InChI is InChI=1S/2C13H28N3.C12H26N3.3Cu/c1-8-16(9-2)10-11(3)14-12(4)15-13(5,6)7;1-8-16(9-2)11(3)10-14-12(4)15-13(5,6)7;1-7-15(8-2)10-9-13-11(3)14-12(4,5)6;;;/h2*11H,8-10H2,1-7H3;7-10H2,1-6H3;;;/q3*-1;3*+1. The average Bonchev–Trinajstić information content (AvgIpc) is 2.91.